The third-order valence-corrected chi connectivity index (χ3v) is 2.53. The summed E-state index contributed by atoms with van der Waals surface area (Å²) < 4.78 is 2.05. The highest BCUT2D eigenvalue weighted by Gasteiger charge is 2.19. The number of carbonyl (C=O) groups excluding carboxylic acids is 2. The third kappa shape index (κ3) is 3.81. The number of rotatable bonds is 2. The summed E-state index contributed by atoms with van der Waals surface area (Å²) in [4.78, 5) is 24.4. The number of urea groups is 1. The molecule has 0 aliphatic carbocycles. The van der Waals surface area contributed by atoms with Crippen molar-refractivity contribution in [1.82, 2.24) is 20.2 Å². The van der Waals surface area contributed by atoms with E-state index in [2.05, 4.69) is 33.6 Å². The summed E-state index contributed by atoms with van der Waals surface area (Å²) in [5.41, 5.74) is 1.41. The molecule has 102 valence electrons. The first kappa shape index (κ1) is 13.5. The second kappa shape index (κ2) is 6.33. The quantitative estimate of drug-likeness (QED) is 0.637. The van der Waals surface area contributed by atoms with Gasteiger partial charge in [-0.25, -0.2) is 9.78 Å². The van der Waals surface area contributed by atoms with Gasteiger partial charge in [-0.05, 0) is 5.56 Å². The lowest BCUT2D eigenvalue weighted by Crippen LogP contribution is -2.22. The van der Waals surface area contributed by atoms with Gasteiger partial charge in [-0.1, -0.05) is 36.9 Å². The summed E-state index contributed by atoms with van der Waals surface area (Å²) in [5.74, 6) is -0.449. The van der Waals surface area contributed by atoms with E-state index in [0.29, 0.717) is 0 Å². The summed E-state index contributed by atoms with van der Waals surface area (Å²) in [7, 11) is 0. The largest absolute Gasteiger partial charge is 0.333 e. The van der Waals surface area contributed by atoms with Crippen molar-refractivity contribution in [1.29, 1.82) is 0 Å². The molecule has 3 rings (SSSR count). The normalized spacial score (nSPS) is 13.3. The van der Waals surface area contributed by atoms with Gasteiger partial charge in [-0.2, -0.15) is 0 Å². The lowest BCUT2D eigenvalue weighted by Gasteiger charge is -2.00. The minimum atomic E-state index is -0.500. The Morgan fingerprint density at radius 3 is 2.35 bits per heavy atom. The molecule has 0 saturated carbocycles. The van der Waals surface area contributed by atoms with Crippen LogP contribution in [0.2, 0.25) is 0 Å². The maximum absolute atomic E-state index is 10.3. The summed E-state index contributed by atoms with van der Waals surface area (Å²) in [6.45, 7) is 4.15. The van der Waals surface area contributed by atoms with Crippen LogP contribution in [0.15, 0.2) is 61.3 Å². The van der Waals surface area contributed by atoms with Crippen molar-refractivity contribution in [3.63, 3.8) is 0 Å². The molecule has 1 aliphatic rings. The Balaban J connectivity index is 0.000000160. The Kier molecular flexibility index (Phi) is 4.28. The standard InChI is InChI=1S/C10H10N2.C4H4N2O2/c1-2-4-10(5-3-1)8-12-7-6-11-9-12;1-2-3(7)6-4(8)5-2/h1-7,9H,8H2;1H2,(H2,5,6,7,8). The fourth-order valence-electron chi connectivity index (χ4n) is 1.58. The van der Waals surface area contributed by atoms with Gasteiger partial charge >= 0.3 is 6.03 Å². The highest BCUT2D eigenvalue weighted by molar-refractivity contribution is 6.11. The molecule has 1 aliphatic heterocycles. The summed E-state index contributed by atoms with van der Waals surface area (Å²) in [6, 6.07) is 9.84. The molecule has 6 heteroatoms. The minimum absolute atomic E-state index is 0.106. The summed E-state index contributed by atoms with van der Waals surface area (Å²) in [5, 5.41) is 4.15. The number of benzene rings is 1. The molecule has 1 aromatic heterocycles. The van der Waals surface area contributed by atoms with Crippen LogP contribution >= 0.6 is 0 Å². The van der Waals surface area contributed by atoms with Gasteiger partial charge in [-0.3, -0.25) is 10.1 Å². The van der Waals surface area contributed by atoms with Gasteiger partial charge < -0.3 is 9.88 Å². The molecule has 0 unspecified atom stereocenters. The van der Waals surface area contributed by atoms with Crippen molar-refractivity contribution in [2.45, 2.75) is 6.54 Å². The number of carbonyl (C=O) groups is 2. The van der Waals surface area contributed by atoms with Crippen LogP contribution in [0.3, 0.4) is 0 Å². The SMILES string of the molecule is C=C1NC(=O)NC1=O.c1ccc(Cn2ccnc2)cc1. The number of aromatic nitrogens is 2. The van der Waals surface area contributed by atoms with Crippen molar-refractivity contribution in [3.05, 3.63) is 66.9 Å². The van der Waals surface area contributed by atoms with Crippen LogP contribution in [-0.4, -0.2) is 21.5 Å². The summed E-state index contributed by atoms with van der Waals surface area (Å²) in [6.07, 6.45) is 5.59. The predicted molar refractivity (Wildman–Crippen MR) is 73.6 cm³/mol. The lowest BCUT2D eigenvalue weighted by molar-refractivity contribution is -0.115. The van der Waals surface area contributed by atoms with E-state index >= 15 is 0 Å². The molecule has 1 fully saturated rings. The van der Waals surface area contributed by atoms with Crippen molar-refractivity contribution in [3.8, 4) is 0 Å². The summed E-state index contributed by atoms with van der Waals surface area (Å²) >= 11 is 0. The Morgan fingerprint density at radius 1 is 1.15 bits per heavy atom. The number of imidazole rings is 1. The molecule has 2 heterocycles. The Bertz CT molecular complexity index is 587. The second-order valence-electron chi connectivity index (χ2n) is 4.11. The van der Waals surface area contributed by atoms with Crippen molar-refractivity contribution in [2.24, 2.45) is 0 Å². The second-order valence-corrected chi connectivity index (χ2v) is 4.11. The van der Waals surface area contributed by atoms with Crippen molar-refractivity contribution in [2.75, 3.05) is 0 Å². The maximum Gasteiger partial charge on any atom is 0.326 e. The molecule has 0 bridgehead atoms. The minimum Gasteiger partial charge on any atom is -0.333 e. The molecule has 3 amide bonds. The highest BCUT2D eigenvalue weighted by atomic mass is 16.2. The third-order valence-electron chi connectivity index (χ3n) is 2.53. The van der Waals surface area contributed by atoms with Crippen LogP contribution in [-0.2, 0) is 11.3 Å². The van der Waals surface area contributed by atoms with E-state index in [1.807, 2.05) is 36.0 Å². The molecule has 0 atom stereocenters. The monoisotopic (exact) mass is 270 g/mol. The molecular weight excluding hydrogens is 256 g/mol. The van der Waals surface area contributed by atoms with E-state index in [1.165, 1.54) is 5.56 Å². The van der Waals surface area contributed by atoms with Crippen LogP contribution in [0.1, 0.15) is 5.56 Å². The van der Waals surface area contributed by atoms with Gasteiger partial charge in [0, 0.05) is 18.9 Å². The van der Waals surface area contributed by atoms with E-state index in [-0.39, 0.29) is 5.70 Å². The van der Waals surface area contributed by atoms with Crippen molar-refractivity contribution < 1.29 is 9.59 Å². The molecule has 20 heavy (non-hydrogen) atoms. The van der Waals surface area contributed by atoms with E-state index in [1.54, 1.807) is 6.20 Å². The van der Waals surface area contributed by atoms with E-state index < -0.39 is 11.9 Å². The zero-order valence-electron chi connectivity index (χ0n) is 10.7. The predicted octanol–water partition coefficient (Wildman–Crippen LogP) is 1.27. The number of nitrogens with zero attached hydrogens (tertiary/aromatic N) is 2. The topological polar surface area (TPSA) is 76.0 Å². The number of hydrogen-bond donors (Lipinski definition) is 2. The maximum atomic E-state index is 10.3. The first-order valence-electron chi connectivity index (χ1n) is 5.96. The molecule has 1 aromatic carbocycles. The molecule has 2 aromatic rings. The Morgan fingerprint density at radius 2 is 1.90 bits per heavy atom. The first-order valence-corrected chi connectivity index (χ1v) is 5.96. The van der Waals surface area contributed by atoms with Gasteiger partial charge in [0.25, 0.3) is 5.91 Å². The average molecular weight is 270 g/mol. The van der Waals surface area contributed by atoms with Crippen LogP contribution < -0.4 is 10.6 Å². The smallest absolute Gasteiger partial charge is 0.326 e. The molecule has 2 N–H and O–H groups in total. The van der Waals surface area contributed by atoms with Gasteiger partial charge in [0.05, 0.1) is 6.33 Å². The fraction of sp³-hybridized carbons (Fsp3) is 0.0714. The van der Waals surface area contributed by atoms with Gasteiger partial charge in [0.15, 0.2) is 0 Å². The highest BCUT2D eigenvalue weighted by Crippen LogP contribution is 2.00. The van der Waals surface area contributed by atoms with Gasteiger partial charge in [0.2, 0.25) is 0 Å². The fourth-order valence-corrected chi connectivity index (χ4v) is 1.58. The van der Waals surface area contributed by atoms with E-state index in [0.717, 1.165) is 6.54 Å². The Labute approximate surface area is 116 Å². The van der Waals surface area contributed by atoms with Crippen molar-refractivity contribution >= 4 is 11.9 Å². The lowest BCUT2D eigenvalue weighted by atomic mass is 10.2. The molecule has 0 spiro atoms. The van der Waals surface area contributed by atoms with Gasteiger partial charge in [0.1, 0.15) is 5.70 Å². The number of nitrogens with one attached hydrogen (secondary N) is 2. The number of amides is 3. The van der Waals surface area contributed by atoms with Gasteiger partial charge in [-0.15, -0.1) is 0 Å². The number of hydrogen-bond acceptors (Lipinski definition) is 3. The zero-order valence-corrected chi connectivity index (χ0v) is 10.7. The molecule has 0 radical (unpaired) electrons. The van der Waals surface area contributed by atoms with Crippen LogP contribution in [0.4, 0.5) is 4.79 Å². The van der Waals surface area contributed by atoms with Crippen LogP contribution in [0.5, 0.6) is 0 Å². The van der Waals surface area contributed by atoms with Crippen LogP contribution in [0, 0.1) is 0 Å². The van der Waals surface area contributed by atoms with E-state index in [9.17, 15) is 9.59 Å². The molecule has 1 saturated heterocycles. The first-order chi connectivity index (χ1) is 9.65. The van der Waals surface area contributed by atoms with Crippen LogP contribution in [0.25, 0.3) is 0 Å². The van der Waals surface area contributed by atoms with E-state index in [4.69, 9.17) is 0 Å². The molecule has 6 nitrogen and oxygen atoms in total. The zero-order chi connectivity index (χ0) is 14.4. The average Bonchev–Trinajstić information content (AvgIpc) is 3.02. The Hall–Kier alpha value is -2.89. The number of imide groups is 1. The molecular formula is C14H14N4O2.